The van der Waals surface area contributed by atoms with Gasteiger partial charge >= 0.3 is 0 Å². The van der Waals surface area contributed by atoms with Crippen LogP contribution in [0.1, 0.15) is 6.92 Å². The monoisotopic (exact) mass is 268 g/mol. The maximum atomic E-state index is 11.5. The molecule has 0 bridgehead atoms. The summed E-state index contributed by atoms with van der Waals surface area (Å²) in [7, 11) is 1.76. The molecule has 0 fully saturated rings. The maximum Gasteiger partial charge on any atom is 0.239 e. The van der Waals surface area contributed by atoms with Crippen LogP contribution in [0.4, 0.5) is 5.82 Å². The van der Waals surface area contributed by atoms with Crippen LogP contribution in [0, 0.1) is 0 Å². The van der Waals surface area contributed by atoms with Gasteiger partial charge in [0.05, 0.1) is 18.1 Å². The van der Waals surface area contributed by atoms with Gasteiger partial charge in [-0.25, -0.2) is 0 Å². The number of likely N-dealkylation sites (N-methyl/N-ethyl adjacent to an activating group) is 2. The summed E-state index contributed by atoms with van der Waals surface area (Å²) in [6.45, 7) is 2.66. The van der Waals surface area contributed by atoms with Gasteiger partial charge in [0, 0.05) is 13.6 Å². The molecule has 2 aromatic heterocycles. The van der Waals surface area contributed by atoms with Crippen molar-refractivity contribution in [2.24, 2.45) is 0 Å². The molecule has 0 unspecified atom stereocenters. The minimum atomic E-state index is -0.0774. The molecule has 0 radical (unpaired) electrons. The Morgan fingerprint density at radius 1 is 1.56 bits per heavy atom. The predicted molar refractivity (Wildman–Crippen MR) is 68.6 cm³/mol. The Hall–Kier alpha value is -1.89. The van der Waals surface area contributed by atoms with Crippen LogP contribution in [0.2, 0.25) is 5.28 Å². The first kappa shape index (κ1) is 12.6. The Bertz CT molecular complexity index is 568. The molecule has 7 nitrogen and oxygen atoms in total. The van der Waals surface area contributed by atoms with E-state index in [1.807, 2.05) is 6.92 Å². The van der Waals surface area contributed by atoms with Gasteiger partial charge in [0.2, 0.25) is 11.2 Å². The number of halogens is 1. The lowest BCUT2D eigenvalue weighted by molar-refractivity contribution is -0.119. The maximum absolute atomic E-state index is 11.5. The highest BCUT2D eigenvalue weighted by molar-refractivity contribution is 6.28. The molecule has 2 N–H and O–H groups in total. The third kappa shape index (κ3) is 2.51. The molecule has 2 aromatic rings. The van der Waals surface area contributed by atoms with Gasteiger partial charge in [0.25, 0.3) is 0 Å². The number of aromatic amines is 1. The highest BCUT2D eigenvalue weighted by atomic mass is 35.5. The lowest BCUT2D eigenvalue weighted by Crippen LogP contribution is -2.35. The summed E-state index contributed by atoms with van der Waals surface area (Å²) in [5.41, 5.74) is 0.549. The Morgan fingerprint density at radius 2 is 2.33 bits per heavy atom. The molecular weight excluding hydrogens is 256 g/mol. The molecule has 18 heavy (non-hydrogen) atoms. The van der Waals surface area contributed by atoms with E-state index in [0.29, 0.717) is 18.0 Å². The topological polar surface area (TPSA) is 86.8 Å². The number of anilines is 1. The van der Waals surface area contributed by atoms with E-state index in [0.717, 1.165) is 5.39 Å². The Morgan fingerprint density at radius 3 is 3.06 bits per heavy atom. The fourth-order valence-electron chi connectivity index (χ4n) is 1.63. The van der Waals surface area contributed by atoms with Gasteiger partial charge in [0.1, 0.15) is 5.82 Å². The molecule has 0 aromatic carbocycles. The molecule has 0 aliphatic heterocycles. The minimum Gasteiger partial charge on any atom is -0.355 e. The van der Waals surface area contributed by atoms with Gasteiger partial charge in [-0.05, 0) is 18.5 Å². The average molecular weight is 269 g/mol. The quantitative estimate of drug-likeness (QED) is 0.792. The normalized spacial score (nSPS) is 10.6. The zero-order valence-corrected chi connectivity index (χ0v) is 10.8. The Labute approximate surface area is 109 Å². The van der Waals surface area contributed by atoms with E-state index in [1.165, 1.54) is 0 Å². The Kier molecular flexibility index (Phi) is 3.61. The SMILES string of the molecule is CCNC(=O)CN(C)c1nc(Cl)nc2[nH]ncc12. The zero-order chi connectivity index (χ0) is 13.1. The van der Waals surface area contributed by atoms with Gasteiger partial charge in [-0.1, -0.05) is 0 Å². The molecule has 2 rings (SSSR count). The lowest BCUT2D eigenvalue weighted by atomic mass is 10.3. The van der Waals surface area contributed by atoms with Gasteiger partial charge in [-0.15, -0.1) is 0 Å². The van der Waals surface area contributed by atoms with Crippen LogP contribution < -0.4 is 10.2 Å². The van der Waals surface area contributed by atoms with Crippen molar-refractivity contribution >= 4 is 34.4 Å². The molecule has 0 aliphatic carbocycles. The molecule has 0 saturated heterocycles. The number of aromatic nitrogens is 4. The first-order chi connectivity index (χ1) is 8.61. The van der Waals surface area contributed by atoms with Crippen LogP contribution in [0.15, 0.2) is 6.20 Å². The summed E-state index contributed by atoms with van der Waals surface area (Å²) >= 11 is 5.83. The summed E-state index contributed by atoms with van der Waals surface area (Å²) in [4.78, 5) is 21.4. The third-order valence-corrected chi connectivity index (χ3v) is 2.55. The second-order valence-electron chi connectivity index (χ2n) is 3.76. The molecule has 1 amide bonds. The number of carbonyl (C=O) groups excluding carboxylic acids is 1. The van der Waals surface area contributed by atoms with Gasteiger partial charge in [-0.3, -0.25) is 9.89 Å². The smallest absolute Gasteiger partial charge is 0.239 e. The van der Waals surface area contributed by atoms with E-state index in [1.54, 1.807) is 18.1 Å². The molecule has 0 atom stereocenters. The van der Waals surface area contributed by atoms with Crippen molar-refractivity contribution < 1.29 is 4.79 Å². The number of H-pyrrole nitrogens is 1. The standard InChI is InChI=1S/C10H13ClN6O/c1-3-12-7(18)5-17(2)9-6-4-13-16-8(6)14-10(11)15-9/h4H,3,5H2,1-2H3,(H,12,18)(H,13,14,15,16). The van der Waals surface area contributed by atoms with Gasteiger partial charge < -0.3 is 10.2 Å². The van der Waals surface area contributed by atoms with Crippen molar-refractivity contribution in [3.05, 3.63) is 11.5 Å². The van der Waals surface area contributed by atoms with E-state index >= 15 is 0 Å². The fourth-order valence-corrected chi connectivity index (χ4v) is 1.79. The molecular formula is C10H13ClN6O. The number of fused-ring (bicyclic) bond motifs is 1. The van der Waals surface area contributed by atoms with E-state index in [-0.39, 0.29) is 17.7 Å². The number of carbonyl (C=O) groups is 1. The summed E-state index contributed by atoms with van der Waals surface area (Å²) in [6, 6.07) is 0. The predicted octanol–water partition coefficient (Wildman–Crippen LogP) is 0.579. The first-order valence-electron chi connectivity index (χ1n) is 5.46. The highest BCUT2D eigenvalue weighted by Gasteiger charge is 2.14. The van der Waals surface area contributed by atoms with Gasteiger partial charge in [0.15, 0.2) is 5.65 Å². The van der Waals surface area contributed by atoms with Crippen LogP contribution in [0.25, 0.3) is 11.0 Å². The molecule has 8 heteroatoms. The van der Waals surface area contributed by atoms with Crippen LogP contribution in [0.5, 0.6) is 0 Å². The van der Waals surface area contributed by atoms with Crippen molar-refractivity contribution in [1.29, 1.82) is 0 Å². The van der Waals surface area contributed by atoms with E-state index in [4.69, 9.17) is 11.6 Å². The zero-order valence-electron chi connectivity index (χ0n) is 10.1. The second kappa shape index (κ2) is 5.18. The van der Waals surface area contributed by atoms with Crippen LogP contribution in [-0.2, 0) is 4.79 Å². The molecule has 2 heterocycles. The number of nitrogens with one attached hydrogen (secondary N) is 2. The number of hydrogen-bond acceptors (Lipinski definition) is 5. The molecule has 0 aliphatic rings. The van der Waals surface area contributed by atoms with Crippen molar-refractivity contribution in [1.82, 2.24) is 25.5 Å². The summed E-state index contributed by atoms with van der Waals surface area (Å²) < 4.78 is 0. The first-order valence-corrected chi connectivity index (χ1v) is 5.84. The van der Waals surface area contributed by atoms with Gasteiger partial charge in [-0.2, -0.15) is 15.1 Å². The van der Waals surface area contributed by atoms with Crippen molar-refractivity contribution in [3.63, 3.8) is 0 Å². The number of amides is 1. The summed E-state index contributed by atoms with van der Waals surface area (Å²) in [5, 5.41) is 10.2. The summed E-state index contributed by atoms with van der Waals surface area (Å²) in [6.07, 6.45) is 1.61. The minimum absolute atomic E-state index is 0.0774. The lowest BCUT2D eigenvalue weighted by Gasteiger charge is -2.17. The largest absolute Gasteiger partial charge is 0.355 e. The van der Waals surface area contributed by atoms with Crippen molar-refractivity contribution in [3.8, 4) is 0 Å². The summed E-state index contributed by atoms with van der Waals surface area (Å²) in [5.74, 6) is 0.497. The average Bonchev–Trinajstić information content (AvgIpc) is 2.75. The molecule has 0 saturated carbocycles. The number of rotatable bonds is 4. The number of hydrogen-bond donors (Lipinski definition) is 2. The highest BCUT2D eigenvalue weighted by Crippen LogP contribution is 2.22. The van der Waals surface area contributed by atoms with Crippen molar-refractivity contribution in [2.75, 3.05) is 25.0 Å². The van der Waals surface area contributed by atoms with Crippen LogP contribution >= 0.6 is 11.6 Å². The molecule has 0 spiro atoms. The third-order valence-electron chi connectivity index (χ3n) is 2.38. The number of nitrogens with zero attached hydrogens (tertiary/aromatic N) is 4. The van der Waals surface area contributed by atoms with E-state index in [9.17, 15) is 4.79 Å². The van der Waals surface area contributed by atoms with E-state index < -0.39 is 0 Å². The van der Waals surface area contributed by atoms with Crippen LogP contribution in [-0.4, -0.2) is 46.2 Å². The van der Waals surface area contributed by atoms with Crippen molar-refractivity contribution in [2.45, 2.75) is 6.92 Å². The second-order valence-corrected chi connectivity index (χ2v) is 4.10. The fraction of sp³-hybridized carbons (Fsp3) is 0.400. The Balaban J connectivity index is 2.29. The van der Waals surface area contributed by atoms with Crippen LogP contribution in [0.3, 0.4) is 0 Å². The molecule has 96 valence electrons. The van der Waals surface area contributed by atoms with E-state index in [2.05, 4.69) is 25.5 Å².